The maximum Gasteiger partial charge on any atom is 0.334 e. The molecule has 0 fully saturated rings. The van der Waals surface area contributed by atoms with Crippen LogP contribution in [0, 0.1) is 0 Å². The van der Waals surface area contributed by atoms with Crippen LogP contribution in [0.3, 0.4) is 0 Å². The first-order chi connectivity index (χ1) is 12.9. The summed E-state index contributed by atoms with van der Waals surface area (Å²) in [7, 11) is 0. The van der Waals surface area contributed by atoms with Crippen LogP contribution in [0.2, 0.25) is 0 Å². The largest absolute Gasteiger partial charge is 0.472 e. The van der Waals surface area contributed by atoms with Gasteiger partial charge in [0.1, 0.15) is 11.4 Å². The van der Waals surface area contributed by atoms with Crippen molar-refractivity contribution in [1.82, 2.24) is 0 Å². The molecule has 0 amide bonds. The molecule has 0 N–H and O–H groups in total. The Bertz CT molecular complexity index is 880. The summed E-state index contributed by atoms with van der Waals surface area (Å²) in [6.45, 7) is 16.0. The topological polar surface area (TPSA) is 78.9 Å². The predicted octanol–water partition coefficient (Wildman–Crippen LogP) is 4.80. The van der Waals surface area contributed by atoms with Crippen molar-refractivity contribution in [2.45, 2.75) is 52.2 Å². The lowest BCUT2D eigenvalue weighted by molar-refractivity contribution is -0.154. The molecular formula is C22H26O6. The van der Waals surface area contributed by atoms with Crippen molar-refractivity contribution in [1.29, 1.82) is 0 Å². The molecule has 28 heavy (non-hydrogen) atoms. The number of carbonyl (C=O) groups excluding carboxylic acids is 2. The summed E-state index contributed by atoms with van der Waals surface area (Å²) in [5.74, 6) is -0.618. The molecule has 0 spiro atoms. The summed E-state index contributed by atoms with van der Waals surface area (Å²) < 4.78 is 21.6. The van der Waals surface area contributed by atoms with Crippen LogP contribution in [0.4, 0.5) is 0 Å². The van der Waals surface area contributed by atoms with E-state index in [1.165, 1.54) is 18.8 Å². The highest BCUT2D eigenvalue weighted by Gasteiger charge is 2.33. The van der Waals surface area contributed by atoms with E-state index < -0.39 is 23.1 Å². The second kappa shape index (κ2) is 7.92. The van der Waals surface area contributed by atoms with Crippen LogP contribution in [-0.4, -0.2) is 11.9 Å². The van der Waals surface area contributed by atoms with Gasteiger partial charge in [-0.25, -0.2) is 9.59 Å². The number of ether oxygens (including phenoxy) is 2. The molecule has 2 aromatic rings. The molecule has 2 heterocycles. The van der Waals surface area contributed by atoms with E-state index in [0.29, 0.717) is 11.3 Å². The molecule has 0 saturated carbocycles. The van der Waals surface area contributed by atoms with Crippen LogP contribution in [0.1, 0.15) is 51.5 Å². The smallest absolute Gasteiger partial charge is 0.334 e. The lowest BCUT2D eigenvalue weighted by Gasteiger charge is -2.25. The quantitative estimate of drug-likeness (QED) is 0.479. The minimum absolute atomic E-state index is 0.195. The fourth-order valence-electron chi connectivity index (χ4n) is 2.64. The standard InChI is InChI=1S/C22H26O6/c1-14(2)19(23)27-22(6,7)18-16(8-11-26-18)12-15(3)20(24)28-21(4,5)17-9-10-25-13-17/h8-11,13H,1,3,12H2,2,4-7H3. The van der Waals surface area contributed by atoms with Crippen LogP contribution in [-0.2, 0) is 36.7 Å². The van der Waals surface area contributed by atoms with Gasteiger partial charge in [0, 0.05) is 28.7 Å². The van der Waals surface area contributed by atoms with Gasteiger partial charge in [-0.2, -0.15) is 0 Å². The first kappa shape index (κ1) is 21.3. The molecule has 0 saturated heterocycles. The normalized spacial score (nSPS) is 11.8. The van der Waals surface area contributed by atoms with Gasteiger partial charge in [-0.1, -0.05) is 13.2 Å². The minimum Gasteiger partial charge on any atom is -0.472 e. The van der Waals surface area contributed by atoms with Crippen LogP contribution in [0.5, 0.6) is 0 Å². The minimum atomic E-state index is -1.03. The first-order valence-corrected chi connectivity index (χ1v) is 8.83. The zero-order chi connectivity index (χ0) is 21.1. The van der Waals surface area contributed by atoms with E-state index in [-0.39, 0.29) is 17.6 Å². The average Bonchev–Trinajstić information content (AvgIpc) is 3.26. The van der Waals surface area contributed by atoms with Crippen molar-refractivity contribution in [3.8, 4) is 0 Å². The van der Waals surface area contributed by atoms with E-state index in [2.05, 4.69) is 13.2 Å². The second-order valence-electron chi connectivity index (χ2n) is 7.65. The van der Waals surface area contributed by atoms with E-state index in [1.807, 2.05) is 0 Å². The number of hydrogen-bond acceptors (Lipinski definition) is 6. The fourth-order valence-corrected chi connectivity index (χ4v) is 2.64. The third kappa shape index (κ3) is 4.82. The van der Waals surface area contributed by atoms with Crippen molar-refractivity contribution < 1.29 is 27.9 Å². The summed E-state index contributed by atoms with van der Waals surface area (Å²) in [4.78, 5) is 24.4. The molecular weight excluding hydrogens is 360 g/mol. The third-order valence-corrected chi connectivity index (χ3v) is 4.25. The van der Waals surface area contributed by atoms with Gasteiger partial charge in [0.05, 0.1) is 18.8 Å². The molecule has 0 aliphatic rings. The third-order valence-electron chi connectivity index (χ3n) is 4.25. The lowest BCUT2D eigenvalue weighted by Crippen LogP contribution is -2.28. The Kier molecular flexibility index (Phi) is 6.02. The van der Waals surface area contributed by atoms with Crippen LogP contribution in [0.15, 0.2) is 64.1 Å². The van der Waals surface area contributed by atoms with Crippen LogP contribution >= 0.6 is 0 Å². The Labute approximate surface area is 164 Å². The number of carbonyl (C=O) groups is 2. The molecule has 0 aromatic carbocycles. The van der Waals surface area contributed by atoms with E-state index in [1.54, 1.807) is 46.8 Å². The molecule has 6 heteroatoms. The van der Waals surface area contributed by atoms with Crippen LogP contribution < -0.4 is 0 Å². The van der Waals surface area contributed by atoms with Gasteiger partial charge in [-0.3, -0.25) is 0 Å². The van der Waals surface area contributed by atoms with Crippen molar-refractivity contribution >= 4 is 11.9 Å². The number of furan rings is 2. The predicted molar refractivity (Wildman–Crippen MR) is 103 cm³/mol. The Morgan fingerprint density at radius 1 is 1.00 bits per heavy atom. The monoisotopic (exact) mass is 386 g/mol. The maximum atomic E-state index is 12.5. The molecule has 0 atom stereocenters. The van der Waals surface area contributed by atoms with Gasteiger partial charge < -0.3 is 18.3 Å². The molecule has 0 bridgehead atoms. The zero-order valence-electron chi connectivity index (χ0n) is 17.0. The van der Waals surface area contributed by atoms with Crippen molar-refractivity contribution in [2.24, 2.45) is 0 Å². The van der Waals surface area contributed by atoms with Gasteiger partial charge >= 0.3 is 11.9 Å². The molecule has 6 nitrogen and oxygen atoms in total. The Hall–Kier alpha value is -3.02. The Balaban J connectivity index is 2.11. The number of rotatable bonds is 8. The van der Waals surface area contributed by atoms with Gasteiger partial charge in [0.25, 0.3) is 0 Å². The van der Waals surface area contributed by atoms with Gasteiger partial charge in [-0.05, 0) is 46.8 Å². The second-order valence-corrected chi connectivity index (χ2v) is 7.65. The van der Waals surface area contributed by atoms with Gasteiger partial charge in [-0.15, -0.1) is 0 Å². The molecule has 2 rings (SSSR count). The van der Waals surface area contributed by atoms with E-state index in [9.17, 15) is 9.59 Å². The summed E-state index contributed by atoms with van der Waals surface area (Å²) >= 11 is 0. The lowest BCUT2D eigenvalue weighted by atomic mass is 9.97. The summed E-state index contributed by atoms with van der Waals surface area (Å²) in [6, 6.07) is 3.45. The molecule has 150 valence electrons. The highest BCUT2D eigenvalue weighted by molar-refractivity contribution is 5.89. The van der Waals surface area contributed by atoms with Crippen molar-refractivity contribution in [3.63, 3.8) is 0 Å². The Morgan fingerprint density at radius 2 is 1.64 bits per heavy atom. The number of hydrogen-bond donors (Lipinski definition) is 0. The summed E-state index contributed by atoms with van der Waals surface area (Å²) in [6.07, 6.45) is 4.73. The zero-order valence-corrected chi connectivity index (χ0v) is 17.0. The summed E-state index contributed by atoms with van der Waals surface area (Å²) in [5.41, 5.74) is 0.0717. The fraction of sp³-hybridized carbons (Fsp3) is 0.364. The van der Waals surface area contributed by atoms with Gasteiger partial charge in [0.15, 0.2) is 5.60 Å². The molecule has 0 unspecified atom stereocenters. The first-order valence-electron chi connectivity index (χ1n) is 8.83. The molecule has 2 aromatic heterocycles. The van der Waals surface area contributed by atoms with E-state index in [0.717, 1.165) is 5.56 Å². The Morgan fingerprint density at radius 3 is 2.21 bits per heavy atom. The van der Waals surface area contributed by atoms with Gasteiger partial charge in [0.2, 0.25) is 0 Å². The molecule has 0 radical (unpaired) electrons. The van der Waals surface area contributed by atoms with Crippen molar-refractivity contribution in [3.05, 3.63) is 72.1 Å². The van der Waals surface area contributed by atoms with Crippen LogP contribution in [0.25, 0.3) is 0 Å². The molecule has 0 aliphatic carbocycles. The highest BCUT2D eigenvalue weighted by Crippen LogP contribution is 2.32. The van der Waals surface area contributed by atoms with E-state index >= 15 is 0 Å². The summed E-state index contributed by atoms with van der Waals surface area (Å²) in [5, 5.41) is 0. The van der Waals surface area contributed by atoms with E-state index in [4.69, 9.17) is 18.3 Å². The number of esters is 2. The molecule has 0 aliphatic heterocycles. The van der Waals surface area contributed by atoms with Crippen molar-refractivity contribution in [2.75, 3.05) is 0 Å². The average molecular weight is 386 g/mol. The SMILES string of the molecule is C=C(C)C(=O)OC(C)(C)c1occc1CC(=C)C(=O)OC(C)(C)c1ccoc1. The maximum absolute atomic E-state index is 12.5. The highest BCUT2D eigenvalue weighted by atomic mass is 16.6.